The van der Waals surface area contributed by atoms with Gasteiger partial charge in [0, 0.05) is 26.2 Å². The molecule has 1 N–H and O–H groups in total. The number of urea groups is 1. The number of rotatable bonds is 6. The number of carbonyl (C=O) groups is 2. The third-order valence-electron chi connectivity index (χ3n) is 3.53. The summed E-state index contributed by atoms with van der Waals surface area (Å²) in [5.74, 6) is -0.943. The third kappa shape index (κ3) is 5.06. The van der Waals surface area contributed by atoms with E-state index in [1.807, 2.05) is 19.0 Å². The second-order valence-electron chi connectivity index (χ2n) is 5.47. The van der Waals surface area contributed by atoms with E-state index < -0.39 is 5.97 Å². The molecular weight excluding hydrogens is 246 g/mol. The van der Waals surface area contributed by atoms with Crippen molar-refractivity contribution in [1.29, 1.82) is 0 Å². The molecule has 6 nitrogen and oxygen atoms in total. The summed E-state index contributed by atoms with van der Waals surface area (Å²) in [6, 6.07) is -0.0819. The normalized spacial score (nSPS) is 15.8. The first-order chi connectivity index (χ1) is 8.91. The van der Waals surface area contributed by atoms with Gasteiger partial charge in [0.05, 0.1) is 0 Å². The fourth-order valence-electron chi connectivity index (χ4n) is 2.38. The van der Waals surface area contributed by atoms with E-state index in [9.17, 15) is 9.59 Å². The molecule has 0 radical (unpaired) electrons. The van der Waals surface area contributed by atoms with E-state index in [4.69, 9.17) is 5.11 Å². The summed E-state index contributed by atoms with van der Waals surface area (Å²) in [6.07, 6.45) is 3.99. The Bertz CT molecular complexity index is 314. The van der Waals surface area contributed by atoms with Crippen molar-refractivity contribution >= 4 is 12.0 Å². The molecule has 0 unspecified atom stereocenters. The van der Waals surface area contributed by atoms with Crippen LogP contribution in [-0.4, -0.2) is 78.6 Å². The lowest BCUT2D eigenvalue weighted by Crippen LogP contribution is -2.49. The van der Waals surface area contributed by atoms with Gasteiger partial charge in [0.1, 0.15) is 6.54 Å². The van der Waals surface area contributed by atoms with Crippen molar-refractivity contribution in [1.82, 2.24) is 14.7 Å². The van der Waals surface area contributed by atoms with Crippen molar-refractivity contribution < 1.29 is 14.7 Å². The Morgan fingerprint density at radius 3 is 2.16 bits per heavy atom. The van der Waals surface area contributed by atoms with E-state index in [1.54, 1.807) is 11.9 Å². The fourth-order valence-corrected chi connectivity index (χ4v) is 2.38. The molecule has 0 aliphatic heterocycles. The van der Waals surface area contributed by atoms with Crippen LogP contribution in [-0.2, 0) is 4.79 Å². The summed E-state index contributed by atoms with van der Waals surface area (Å²) in [5.41, 5.74) is 0. The van der Waals surface area contributed by atoms with Gasteiger partial charge in [0.2, 0.25) is 0 Å². The molecule has 1 aliphatic rings. The number of amides is 2. The predicted octanol–water partition coefficient (Wildman–Crippen LogP) is 0.929. The number of carboxylic acid groups (broad SMARTS) is 1. The van der Waals surface area contributed by atoms with Gasteiger partial charge in [-0.1, -0.05) is 12.8 Å². The highest BCUT2D eigenvalue weighted by atomic mass is 16.4. The summed E-state index contributed by atoms with van der Waals surface area (Å²) in [5, 5.41) is 8.97. The Morgan fingerprint density at radius 1 is 1.11 bits per heavy atom. The summed E-state index contributed by atoms with van der Waals surface area (Å²) in [6.45, 7) is 1.18. The number of hydrogen-bond acceptors (Lipinski definition) is 3. The molecule has 19 heavy (non-hydrogen) atoms. The molecule has 0 atom stereocenters. The highest BCUT2D eigenvalue weighted by molar-refractivity contribution is 5.80. The van der Waals surface area contributed by atoms with Crippen LogP contribution in [0.1, 0.15) is 25.7 Å². The average molecular weight is 271 g/mol. The maximum Gasteiger partial charge on any atom is 0.323 e. The van der Waals surface area contributed by atoms with Crippen molar-refractivity contribution in [3.8, 4) is 0 Å². The molecule has 6 heteroatoms. The lowest BCUT2D eigenvalue weighted by Gasteiger charge is -2.32. The van der Waals surface area contributed by atoms with Crippen LogP contribution in [0.5, 0.6) is 0 Å². The van der Waals surface area contributed by atoms with Gasteiger partial charge in [-0.05, 0) is 26.9 Å². The van der Waals surface area contributed by atoms with Crippen LogP contribution in [0.2, 0.25) is 0 Å². The number of hydrogen-bond donors (Lipinski definition) is 1. The second-order valence-corrected chi connectivity index (χ2v) is 5.47. The van der Waals surface area contributed by atoms with Crippen LogP contribution in [0.4, 0.5) is 4.79 Å². The first-order valence-electron chi connectivity index (χ1n) is 6.80. The monoisotopic (exact) mass is 271 g/mol. The van der Waals surface area contributed by atoms with Gasteiger partial charge in [0.15, 0.2) is 0 Å². The molecule has 110 valence electrons. The SMILES string of the molecule is CN(C)CCN(C)C(=O)N(CC(=O)O)C1CCCC1. The summed E-state index contributed by atoms with van der Waals surface area (Å²) < 4.78 is 0. The molecule has 1 saturated carbocycles. The average Bonchev–Trinajstić information content (AvgIpc) is 2.85. The molecule has 1 rings (SSSR count). The molecule has 0 saturated heterocycles. The zero-order valence-electron chi connectivity index (χ0n) is 12.1. The maximum atomic E-state index is 12.3. The van der Waals surface area contributed by atoms with Crippen LogP contribution < -0.4 is 0 Å². The van der Waals surface area contributed by atoms with Crippen molar-refractivity contribution in [2.24, 2.45) is 0 Å². The molecule has 1 fully saturated rings. The van der Waals surface area contributed by atoms with Gasteiger partial charge in [-0.25, -0.2) is 4.79 Å². The smallest absolute Gasteiger partial charge is 0.323 e. The van der Waals surface area contributed by atoms with Crippen molar-refractivity contribution in [3.63, 3.8) is 0 Å². The standard InChI is InChI=1S/C13H25N3O3/c1-14(2)8-9-15(3)13(19)16(10-12(17)18)11-6-4-5-7-11/h11H,4-10H2,1-3H3,(H,17,18). The lowest BCUT2D eigenvalue weighted by atomic mass is 10.2. The molecule has 0 aromatic carbocycles. The Kier molecular flexibility index (Phi) is 6.08. The van der Waals surface area contributed by atoms with E-state index in [-0.39, 0.29) is 18.6 Å². The van der Waals surface area contributed by atoms with Crippen LogP contribution in [0.3, 0.4) is 0 Å². The van der Waals surface area contributed by atoms with Gasteiger partial charge < -0.3 is 19.8 Å². The number of carbonyl (C=O) groups excluding carboxylic acids is 1. The molecule has 0 aromatic heterocycles. The Hall–Kier alpha value is -1.30. The topological polar surface area (TPSA) is 64.1 Å². The minimum Gasteiger partial charge on any atom is -0.480 e. The minimum absolute atomic E-state index is 0.0883. The van der Waals surface area contributed by atoms with Gasteiger partial charge >= 0.3 is 12.0 Å². The van der Waals surface area contributed by atoms with Gasteiger partial charge in [-0.2, -0.15) is 0 Å². The highest BCUT2D eigenvalue weighted by Crippen LogP contribution is 2.24. The Labute approximate surface area is 115 Å². The molecule has 1 aliphatic carbocycles. The molecule has 0 bridgehead atoms. The molecule has 0 aromatic rings. The number of carboxylic acids is 1. The molecule has 0 spiro atoms. The van der Waals surface area contributed by atoms with E-state index in [0.29, 0.717) is 6.54 Å². The van der Waals surface area contributed by atoms with Gasteiger partial charge in [-0.15, -0.1) is 0 Å². The number of likely N-dealkylation sites (N-methyl/N-ethyl adjacent to an activating group) is 2. The van der Waals surface area contributed by atoms with Crippen LogP contribution >= 0.6 is 0 Å². The summed E-state index contributed by atoms with van der Waals surface area (Å²) >= 11 is 0. The lowest BCUT2D eigenvalue weighted by molar-refractivity contribution is -0.138. The van der Waals surface area contributed by atoms with Crippen LogP contribution in [0, 0.1) is 0 Å². The zero-order chi connectivity index (χ0) is 14.4. The minimum atomic E-state index is -0.943. The second kappa shape index (κ2) is 7.33. The van der Waals surface area contributed by atoms with Crippen LogP contribution in [0.15, 0.2) is 0 Å². The number of nitrogens with zero attached hydrogens (tertiary/aromatic N) is 3. The maximum absolute atomic E-state index is 12.3. The molecule has 0 heterocycles. The molecule has 2 amide bonds. The van der Waals surface area contributed by atoms with Crippen molar-refractivity contribution in [3.05, 3.63) is 0 Å². The Balaban J connectivity index is 2.61. The first-order valence-corrected chi connectivity index (χ1v) is 6.80. The van der Waals surface area contributed by atoms with Crippen molar-refractivity contribution in [2.75, 3.05) is 40.8 Å². The van der Waals surface area contributed by atoms with Crippen LogP contribution in [0.25, 0.3) is 0 Å². The van der Waals surface area contributed by atoms with E-state index in [2.05, 4.69) is 0 Å². The van der Waals surface area contributed by atoms with E-state index >= 15 is 0 Å². The van der Waals surface area contributed by atoms with Crippen molar-refractivity contribution in [2.45, 2.75) is 31.7 Å². The van der Waals surface area contributed by atoms with E-state index in [1.165, 1.54) is 4.90 Å². The van der Waals surface area contributed by atoms with Gasteiger partial charge in [-0.3, -0.25) is 4.79 Å². The predicted molar refractivity (Wildman–Crippen MR) is 73.2 cm³/mol. The first kappa shape index (κ1) is 15.8. The van der Waals surface area contributed by atoms with E-state index in [0.717, 1.165) is 32.2 Å². The quantitative estimate of drug-likeness (QED) is 0.780. The third-order valence-corrected chi connectivity index (χ3v) is 3.53. The zero-order valence-corrected chi connectivity index (χ0v) is 12.1. The summed E-state index contributed by atoms with van der Waals surface area (Å²) in [7, 11) is 5.63. The Morgan fingerprint density at radius 2 is 1.68 bits per heavy atom. The highest BCUT2D eigenvalue weighted by Gasteiger charge is 2.30. The fraction of sp³-hybridized carbons (Fsp3) is 0.846. The largest absolute Gasteiger partial charge is 0.480 e. The molecular formula is C13H25N3O3. The summed E-state index contributed by atoms with van der Waals surface area (Å²) in [4.78, 5) is 28.4. The van der Waals surface area contributed by atoms with Gasteiger partial charge in [0.25, 0.3) is 0 Å². The number of aliphatic carboxylic acids is 1.